The molecule has 33 heavy (non-hydrogen) atoms. The molecule has 1 amide bonds. The molecule has 2 heterocycles. The molecule has 0 spiro atoms. The Morgan fingerprint density at radius 2 is 1.82 bits per heavy atom. The van der Waals surface area contributed by atoms with Crippen LogP contribution in [-0.2, 0) is 11.3 Å². The summed E-state index contributed by atoms with van der Waals surface area (Å²) in [7, 11) is 0. The van der Waals surface area contributed by atoms with Crippen molar-refractivity contribution in [1.29, 1.82) is 0 Å². The van der Waals surface area contributed by atoms with E-state index in [9.17, 15) is 4.79 Å². The predicted molar refractivity (Wildman–Crippen MR) is 127 cm³/mol. The summed E-state index contributed by atoms with van der Waals surface area (Å²) >= 11 is 0. The van der Waals surface area contributed by atoms with Crippen LogP contribution in [0.25, 0.3) is 11.4 Å². The average Bonchev–Trinajstić information content (AvgIpc) is 3.31. The molecule has 1 aliphatic rings. The molecule has 0 radical (unpaired) electrons. The van der Waals surface area contributed by atoms with Crippen molar-refractivity contribution in [2.24, 2.45) is 0 Å². The van der Waals surface area contributed by atoms with E-state index in [0.717, 1.165) is 42.0 Å². The topological polar surface area (TPSA) is 71.7 Å². The molecule has 1 fully saturated rings. The van der Waals surface area contributed by atoms with Crippen molar-refractivity contribution in [3.63, 3.8) is 0 Å². The van der Waals surface area contributed by atoms with E-state index in [4.69, 9.17) is 9.26 Å². The van der Waals surface area contributed by atoms with Crippen LogP contribution in [0.15, 0.2) is 53.1 Å². The molecule has 4 rings (SSSR count). The minimum atomic E-state index is 0.0215. The maximum Gasteiger partial charge on any atom is 0.260 e. The van der Waals surface area contributed by atoms with Gasteiger partial charge in [-0.25, -0.2) is 0 Å². The van der Waals surface area contributed by atoms with Gasteiger partial charge in [0.15, 0.2) is 6.61 Å². The first kappa shape index (κ1) is 23.0. The number of carbonyl (C=O) groups is 1. The van der Waals surface area contributed by atoms with Crippen LogP contribution in [0.1, 0.15) is 43.2 Å². The Kier molecular flexibility index (Phi) is 7.40. The van der Waals surface area contributed by atoms with Crippen molar-refractivity contribution in [1.82, 2.24) is 19.9 Å². The van der Waals surface area contributed by atoms with Crippen molar-refractivity contribution >= 4 is 5.91 Å². The molecular formula is C26H32N4O3. The number of ether oxygens (including phenoxy) is 1. The van der Waals surface area contributed by atoms with Crippen LogP contribution in [0.4, 0.5) is 0 Å². The summed E-state index contributed by atoms with van der Waals surface area (Å²) in [6.45, 7) is 9.86. The van der Waals surface area contributed by atoms with E-state index < -0.39 is 0 Å². The molecule has 1 aliphatic heterocycles. The quantitative estimate of drug-likeness (QED) is 0.512. The van der Waals surface area contributed by atoms with Crippen LogP contribution in [0.5, 0.6) is 5.75 Å². The Labute approximate surface area is 195 Å². The SMILES string of the molecule is CCC(C)c1ccccc1OCC(=O)N1CCN(Cc2nc(-c3ccccc3C)no2)CC1. The maximum atomic E-state index is 12.7. The first-order chi connectivity index (χ1) is 16.0. The molecule has 7 heteroatoms. The molecule has 0 aliphatic carbocycles. The van der Waals surface area contributed by atoms with Crippen LogP contribution in [0, 0.1) is 6.92 Å². The number of carbonyl (C=O) groups excluding carboxylic acids is 1. The minimum Gasteiger partial charge on any atom is -0.483 e. The van der Waals surface area contributed by atoms with Gasteiger partial charge in [-0.3, -0.25) is 9.69 Å². The Balaban J connectivity index is 1.27. The largest absolute Gasteiger partial charge is 0.483 e. The monoisotopic (exact) mass is 448 g/mol. The highest BCUT2D eigenvalue weighted by molar-refractivity contribution is 5.78. The van der Waals surface area contributed by atoms with E-state index in [1.807, 2.05) is 54.3 Å². The van der Waals surface area contributed by atoms with Gasteiger partial charge in [0.2, 0.25) is 11.7 Å². The number of para-hydroxylation sites is 1. The third-order valence-corrected chi connectivity index (χ3v) is 6.35. The highest BCUT2D eigenvalue weighted by atomic mass is 16.5. The molecular weight excluding hydrogens is 416 g/mol. The molecule has 174 valence electrons. The highest BCUT2D eigenvalue weighted by Crippen LogP contribution is 2.28. The Morgan fingerprint density at radius 3 is 2.58 bits per heavy atom. The summed E-state index contributed by atoms with van der Waals surface area (Å²) in [6.07, 6.45) is 1.03. The minimum absolute atomic E-state index is 0.0215. The van der Waals surface area contributed by atoms with Gasteiger partial charge in [0.1, 0.15) is 5.75 Å². The van der Waals surface area contributed by atoms with Crippen molar-refractivity contribution in [2.45, 2.75) is 39.7 Å². The van der Waals surface area contributed by atoms with Crippen LogP contribution in [0.3, 0.4) is 0 Å². The number of aryl methyl sites for hydroxylation is 1. The van der Waals surface area contributed by atoms with E-state index in [1.165, 1.54) is 0 Å². The van der Waals surface area contributed by atoms with Gasteiger partial charge in [-0.1, -0.05) is 61.5 Å². The second-order valence-electron chi connectivity index (χ2n) is 8.62. The zero-order chi connectivity index (χ0) is 23.2. The lowest BCUT2D eigenvalue weighted by Gasteiger charge is -2.33. The molecule has 3 aromatic rings. The summed E-state index contributed by atoms with van der Waals surface area (Å²) in [5, 5.41) is 4.14. The van der Waals surface area contributed by atoms with Crippen molar-refractivity contribution in [3.8, 4) is 17.1 Å². The Hall–Kier alpha value is -3.19. The smallest absolute Gasteiger partial charge is 0.260 e. The normalized spacial score (nSPS) is 15.4. The summed E-state index contributed by atoms with van der Waals surface area (Å²) in [4.78, 5) is 21.4. The number of amides is 1. The van der Waals surface area contributed by atoms with Crippen LogP contribution in [0.2, 0.25) is 0 Å². The van der Waals surface area contributed by atoms with Crippen molar-refractivity contribution in [3.05, 3.63) is 65.5 Å². The molecule has 1 saturated heterocycles. The first-order valence-corrected chi connectivity index (χ1v) is 11.7. The van der Waals surface area contributed by atoms with Gasteiger partial charge >= 0.3 is 0 Å². The zero-order valence-corrected chi connectivity index (χ0v) is 19.7. The number of benzene rings is 2. The summed E-state index contributed by atoms with van der Waals surface area (Å²) < 4.78 is 11.4. The third-order valence-electron chi connectivity index (χ3n) is 6.35. The van der Waals surface area contributed by atoms with Crippen molar-refractivity contribution < 1.29 is 14.1 Å². The molecule has 1 unspecified atom stereocenters. The maximum absolute atomic E-state index is 12.7. The van der Waals surface area contributed by atoms with Gasteiger partial charge in [-0.2, -0.15) is 4.98 Å². The van der Waals surface area contributed by atoms with Crippen molar-refractivity contribution in [2.75, 3.05) is 32.8 Å². The number of nitrogens with zero attached hydrogens (tertiary/aromatic N) is 4. The van der Waals surface area contributed by atoms with Gasteiger partial charge in [0.05, 0.1) is 6.54 Å². The molecule has 0 bridgehead atoms. The molecule has 2 aromatic carbocycles. The fraction of sp³-hybridized carbons (Fsp3) is 0.423. The lowest BCUT2D eigenvalue weighted by atomic mass is 9.98. The number of hydrogen-bond donors (Lipinski definition) is 0. The summed E-state index contributed by atoms with van der Waals surface area (Å²) in [6, 6.07) is 16.0. The van der Waals surface area contributed by atoms with E-state index in [1.54, 1.807) is 0 Å². The summed E-state index contributed by atoms with van der Waals surface area (Å²) in [5.74, 6) is 2.44. The molecule has 0 saturated carbocycles. The Bertz CT molecular complexity index is 1070. The summed E-state index contributed by atoms with van der Waals surface area (Å²) in [5.41, 5.74) is 3.26. The number of aromatic nitrogens is 2. The molecule has 1 atom stereocenters. The van der Waals surface area contributed by atoms with E-state index >= 15 is 0 Å². The number of rotatable bonds is 8. The predicted octanol–water partition coefficient (Wildman–Crippen LogP) is 4.28. The third kappa shape index (κ3) is 5.60. The Morgan fingerprint density at radius 1 is 1.09 bits per heavy atom. The molecule has 1 aromatic heterocycles. The van der Waals surface area contributed by atoms with E-state index in [2.05, 4.69) is 35.0 Å². The zero-order valence-electron chi connectivity index (χ0n) is 19.7. The van der Waals surface area contributed by atoms with Crippen LogP contribution in [-0.4, -0.2) is 58.6 Å². The van der Waals surface area contributed by atoms with E-state index in [0.29, 0.717) is 37.3 Å². The van der Waals surface area contributed by atoms with Gasteiger partial charge < -0.3 is 14.2 Å². The van der Waals surface area contributed by atoms with Gasteiger partial charge in [0.25, 0.3) is 5.91 Å². The molecule has 7 nitrogen and oxygen atoms in total. The second kappa shape index (κ2) is 10.6. The molecule has 0 N–H and O–H groups in total. The van der Waals surface area contributed by atoms with Gasteiger partial charge in [0, 0.05) is 31.7 Å². The van der Waals surface area contributed by atoms with Crippen LogP contribution >= 0.6 is 0 Å². The second-order valence-corrected chi connectivity index (χ2v) is 8.62. The first-order valence-electron chi connectivity index (χ1n) is 11.7. The fourth-order valence-electron chi connectivity index (χ4n) is 4.07. The highest BCUT2D eigenvalue weighted by Gasteiger charge is 2.23. The van der Waals surface area contributed by atoms with Gasteiger partial charge in [-0.15, -0.1) is 0 Å². The average molecular weight is 449 g/mol. The standard InChI is InChI=1S/C26H32N4O3/c1-4-19(2)21-10-7-8-12-23(21)32-18-25(31)30-15-13-29(14-16-30)17-24-27-26(28-33-24)22-11-6-5-9-20(22)3/h5-12,19H,4,13-18H2,1-3H3. The lowest BCUT2D eigenvalue weighted by molar-refractivity contribution is -0.135. The van der Waals surface area contributed by atoms with E-state index in [-0.39, 0.29) is 12.5 Å². The number of hydrogen-bond acceptors (Lipinski definition) is 6. The van der Waals surface area contributed by atoms with Crippen LogP contribution < -0.4 is 4.74 Å². The fourth-order valence-corrected chi connectivity index (χ4v) is 4.07. The lowest BCUT2D eigenvalue weighted by Crippen LogP contribution is -2.49. The van der Waals surface area contributed by atoms with Gasteiger partial charge in [-0.05, 0) is 36.5 Å². The number of piperazine rings is 1.